The number of fused-ring (bicyclic) bond motifs is 1. The van der Waals surface area contributed by atoms with Crippen LogP contribution >= 0.6 is 11.3 Å². The summed E-state index contributed by atoms with van der Waals surface area (Å²) in [6.07, 6.45) is 0.911. The molecule has 1 fully saturated rings. The lowest BCUT2D eigenvalue weighted by Crippen LogP contribution is -2.39. The summed E-state index contributed by atoms with van der Waals surface area (Å²) < 4.78 is 12.1. The van der Waals surface area contributed by atoms with Crippen LogP contribution < -0.4 is 11.1 Å². The van der Waals surface area contributed by atoms with Gasteiger partial charge in [0.2, 0.25) is 0 Å². The van der Waals surface area contributed by atoms with Gasteiger partial charge in [-0.05, 0) is 18.2 Å². The zero-order chi connectivity index (χ0) is 13.3. The van der Waals surface area contributed by atoms with Crippen molar-refractivity contribution in [1.82, 2.24) is 4.98 Å². The first-order valence-electron chi connectivity index (χ1n) is 6.24. The van der Waals surface area contributed by atoms with Crippen molar-refractivity contribution in [2.75, 3.05) is 37.9 Å². The van der Waals surface area contributed by atoms with E-state index in [-0.39, 0.29) is 5.60 Å². The Kier molecular flexibility index (Phi) is 3.30. The van der Waals surface area contributed by atoms with Crippen molar-refractivity contribution < 1.29 is 9.47 Å². The molecule has 3 N–H and O–H groups in total. The molecule has 1 aromatic carbocycles. The lowest BCUT2D eigenvalue weighted by molar-refractivity contribution is -0.00619. The highest BCUT2D eigenvalue weighted by molar-refractivity contribution is 7.22. The molecule has 1 atom stereocenters. The molecule has 0 radical (unpaired) electrons. The Labute approximate surface area is 115 Å². The minimum Gasteiger partial charge on any atom is -0.399 e. The number of rotatable bonds is 4. The number of nitrogens with zero attached hydrogens (tertiary/aromatic N) is 1. The topological polar surface area (TPSA) is 69.4 Å². The Balaban J connectivity index is 1.74. The molecule has 0 bridgehead atoms. The third-order valence-electron chi connectivity index (χ3n) is 3.47. The normalized spacial score (nSPS) is 23.0. The summed E-state index contributed by atoms with van der Waals surface area (Å²) in [5.74, 6) is 0. The molecular weight excluding hydrogens is 262 g/mol. The highest BCUT2D eigenvalue weighted by Crippen LogP contribution is 2.29. The summed E-state index contributed by atoms with van der Waals surface area (Å²) in [5.41, 5.74) is 7.28. The first kappa shape index (κ1) is 12.7. The minimum absolute atomic E-state index is 0.225. The fourth-order valence-electron chi connectivity index (χ4n) is 2.21. The van der Waals surface area contributed by atoms with Gasteiger partial charge in [0.1, 0.15) is 5.60 Å². The standard InChI is InChI=1S/C13H17N3O2S/c1-17-13(4-5-18-8-13)7-15-12-16-10-3-2-9(14)6-11(10)19-12/h2-3,6H,4-5,7-8,14H2,1H3,(H,15,16). The SMILES string of the molecule is COC1(CNc2nc3ccc(N)cc3s2)CCOC1. The largest absolute Gasteiger partial charge is 0.399 e. The van der Waals surface area contributed by atoms with E-state index in [9.17, 15) is 0 Å². The Bertz CT molecular complexity index is 578. The van der Waals surface area contributed by atoms with Gasteiger partial charge in [-0.25, -0.2) is 4.98 Å². The highest BCUT2D eigenvalue weighted by Gasteiger charge is 2.34. The van der Waals surface area contributed by atoms with Crippen LogP contribution in [0.4, 0.5) is 10.8 Å². The number of benzene rings is 1. The van der Waals surface area contributed by atoms with E-state index >= 15 is 0 Å². The van der Waals surface area contributed by atoms with Crippen LogP contribution in [0, 0.1) is 0 Å². The Hall–Kier alpha value is -1.37. The first-order valence-corrected chi connectivity index (χ1v) is 7.05. The quantitative estimate of drug-likeness (QED) is 0.839. The van der Waals surface area contributed by atoms with E-state index in [0.29, 0.717) is 13.2 Å². The lowest BCUT2D eigenvalue weighted by atomic mass is 10.0. The molecule has 5 nitrogen and oxygen atoms in total. The molecule has 102 valence electrons. The number of ether oxygens (including phenoxy) is 2. The average molecular weight is 279 g/mol. The Morgan fingerprint density at radius 1 is 1.58 bits per heavy atom. The van der Waals surface area contributed by atoms with E-state index in [0.717, 1.165) is 34.1 Å². The minimum atomic E-state index is -0.225. The predicted octanol–water partition coefficient (Wildman–Crippen LogP) is 2.10. The molecule has 2 aromatic rings. The zero-order valence-corrected chi connectivity index (χ0v) is 11.6. The van der Waals surface area contributed by atoms with Gasteiger partial charge in [-0.15, -0.1) is 0 Å². The zero-order valence-electron chi connectivity index (χ0n) is 10.8. The monoisotopic (exact) mass is 279 g/mol. The summed E-state index contributed by atoms with van der Waals surface area (Å²) in [6.45, 7) is 2.10. The molecule has 1 aromatic heterocycles. The number of thiazole rings is 1. The summed E-state index contributed by atoms with van der Waals surface area (Å²) >= 11 is 1.61. The maximum Gasteiger partial charge on any atom is 0.183 e. The molecule has 6 heteroatoms. The van der Waals surface area contributed by atoms with Crippen LogP contribution in [0.2, 0.25) is 0 Å². The Morgan fingerprint density at radius 2 is 2.47 bits per heavy atom. The Morgan fingerprint density at radius 3 is 3.21 bits per heavy atom. The number of hydrogen-bond acceptors (Lipinski definition) is 6. The van der Waals surface area contributed by atoms with Crippen molar-refractivity contribution >= 4 is 32.4 Å². The van der Waals surface area contributed by atoms with Gasteiger partial charge in [-0.1, -0.05) is 11.3 Å². The fourth-order valence-corrected chi connectivity index (χ4v) is 3.12. The second-order valence-corrected chi connectivity index (χ2v) is 5.82. The second-order valence-electron chi connectivity index (χ2n) is 4.79. The molecule has 1 saturated heterocycles. The van der Waals surface area contributed by atoms with E-state index < -0.39 is 0 Å². The van der Waals surface area contributed by atoms with Crippen LogP contribution in [0.5, 0.6) is 0 Å². The van der Waals surface area contributed by atoms with Crippen LogP contribution in [-0.2, 0) is 9.47 Å². The van der Waals surface area contributed by atoms with Crippen molar-refractivity contribution in [3.63, 3.8) is 0 Å². The molecule has 0 aliphatic carbocycles. The van der Waals surface area contributed by atoms with Crippen LogP contribution in [0.15, 0.2) is 18.2 Å². The highest BCUT2D eigenvalue weighted by atomic mass is 32.1. The van der Waals surface area contributed by atoms with Gasteiger partial charge >= 0.3 is 0 Å². The number of anilines is 2. The van der Waals surface area contributed by atoms with Gasteiger partial charge in [0, 0.05) is 32.4 Å². The van der Waals surface area contributed by atoms with E-state index in [1.165, 1.54) is 0 Å². The molecule has 0 saturated carbocycles. The van der Waals surface area contributed by atoms with Crippen LogP contribution in [0.3, 0.4) is 0 Å². The van der Waals surface area contributed by atoms with Crippen molar-refractivity contribution in [2.45, 2.75) is 12.0 Å². The molecule has 19 heavy (non-hydrogen) atoms. The van der Waals surface area contributed by atoms with Gasteiger partial charge in [-0.2, -0.15) is 0 Å². The summed E-state index contributed by atoms with van der Waals surface area (Å²) in [5, 5.41) is 4.24. The van der Waals surface area contributed by atoms with E-state index in [1.807, 2.05) is 18.2 Å². The number of nitrogens with two attached hydrogens (primary N) is 1. The summed E-state index contributed by atoms with van der Waals surface area (Å²) in [7, 11) is 1.73. The van der Waals surface area contributed by atoms with E-state index in [2.05, 4.69) is 10.3 Å². The number of nitrogens with one attached hydrogen (secondary N) is 1. The smallest absolute Gasteiger partial charge is 0.183 e. The molecule has 2 heterocycles. The lowest BCUT2D eigenvalue weighted by Gasteiger charge is -2.25. The van der Waals surface area contributed by atoms with Crippen LogP contribution in [0.1, 0.15) is 6.42 Å². The predicted molar refractivity (Wildman–Crippen MR) is 77.7 cm³/mol. The number of hydrogen-bond donors (Lipinski definition) is 2. The van der Waals surface area contributed by atoms with Gasteiger partial charge in [0.25, 0.3) is 0 Å². The average Bonchev–Trinajstić information content (AvgIpc) is 3.02. The van der Waals surface area contributed by atoms with Crippen LogP contribution in [-0.4, -0.2) is 37.5 Å². The van der Waals surface area contributed by atoms with Gasteiger partial charge in [-0.3, -0.25) is 0 Å². The molecule has 0 spiro atoms. The first-order chi connectivity index (χ1) is 9.21. The fraction of sp³-hybridized carbons (Fsp3) is 0.462. The van der Waals surface area contributed by atoms with Gasteiger partial charge in [0.05, 0.1) is 16.8 Å². The van der Waals surface area contributed by atoms with E-state index in [4.69, 9.17) is 15.2 Å². The number of nitrogen functional groups attached to an aromatic ring is 1. The van der Waals surface area contributed by atoms with Gasteiger partial charge < -0.3 is 20.5 Å². The maximum absolute atomic E-state index is 5.77. The molecular formula is C13H17N3O2S. The third-order valence-corrected chi connectivity index (χ3v) is 4.45. The molecule has 1 unspecified atom stereocenters. The summed E-state index contributed by atoms with van der Waals surface area (Å²) in [4.78, 5) is 4.54. The molecule has 0 amide bonds. The third kappa shape index (κ3) is 2.51. The second kappa shape index (κ2) is 4.96. The van der Waals surface area contributed by atoms with Crippen LogP contribution in [0.25, 0.3) is 10.2 Å². The number of methoxy groups -OCH3 is 1. The van der Waals surface area contributed by atoms with Crippen molar-refractivity contribution in [2.24, 2.45) is 0 Å². The summed E-state index contributed by atoms with van der Waals surface area (Å²) in [6, 6.07) is 5.76. The maximum atomic E-state index is 5.77. The van der Waals surface area contributed by atoms with Gasteiger partial charge in [0.15, 0.2) is 5.13 Å². The van der Waals surface area contributed by atoms with Crippen molar-refractivity contribution in [3.05, 3.63) is 18.2 Å². The van der Waals surface area contributed by atoms with Crippen molar-refractivity contribution in [3.8, 4) is 0 Å². The molecule has 1 aliphatic heterocycles. The van der Waals surface area contributed by atoms with Crippen molar-refractivity contribution in [1.29, 1.82) is 0 Å². The number of aromatic nitrogens is 1. The molecule has 3 rings (SSSR count). The molecule has 1 aliphatic rings. The van der Waals surface area contributed by atoms with E-state index in [1.54, 1.807) is 18.4 Å².